The van der Waals surface area contributed by atoms with Gasteiger partial charge in [0.25, 0.3) is 0 Å². The van der Waals surface area contributed by atoms with E-state index in [2.05, 4.69) is 50.4 Å². The minimum atomic E-state index is 0.123. The van der Waals surface area contributed by atoms with E-state index in [1.807, 2.05) is 7.05 Å². The van der Waals surface area contributed by atoms with Gasteiger partial charge in [-0.25, -0.2) is 0 Å². The van der Waals surface area contributed by atoms with E-state index in [1.165, 1.54) is 17.5 Å². The number of hydrogen-bond donors (Lipinski definition) is 1. The highest BCUT2D eigenvalue weighted by molar-refractivity contribution is 5.24. The molecule has 3 nitrogen and oxygen atoms in total. The second-order valence-corrected chi connectivity index (χ2v) is 5.22. The van der Waals surface area contributed by atoms with Crippen LogP contribution in [0.25, 0.3) is 0 Å². The van der Waals surface area contributed by atoms with E-state index in [0.717, 1.165) is 13.0 Å². The van der Waals surface area contributed by atoms with Crippen LogP contribution in [0.15, 0.2) is 24.3 Å². The third-order valence-corrected chi connectivity index (χ3v) is 3.47. The molecule has 0 saturated carbocycles. The Morgan fingerprint density at radius 1 is 1.10 bits per heavy atom. The van der Waals surface area contributed by atoms with E-state index in [-0.39, 0.29) is 12.1 Å². The molecule has 1 aromatic carbocycles. The lowest BCUT2D eigenvalue weighted by atomic mass is 10.0. The average Bonchev–Trinajstić information content (AvgIpc) is 2.45. The molecule has 114 valence electrons. The lowest BCUT2D eigenvalue weighted by molar-refractivity contribution is -0.00295. The van der Waals surface area contributed by atoms with Crippen LogP contribution in [0.2, 0.25) is 0 Å². The fraction of sp³-hybridized carbons (Fsp3) is 0.647. The molecule has 2 unspecified atom stereocenters. The molecule has 0 bridgehead atoms. The molecule has 0 aliphatic heterocycles. The molecule has 0 saturated heterocycles. The van der Waals surface area contributed by atoms with Crippen molar-refractivity contribution in [2.24, 2.45) is 0 Å². The van der Waals surface area contributed by atoms with Gasteiger partial charge in [0.05, 0.1) is 25.4 Å². The van der Waals surface area contributed by atoms with E-state index < -0.39 is 0 Å². The summed E-state index contributed by atoms with van der Waals surface area (Å²) in [6.07, 6.45) is 2.42. The first kappa shape index (κ1) is 17.2. The zero-order valence-electron chi connectivity index (χ0n) is 13.3. The third-order valence-electron chi connectivity index (χ3n) is 3.47. The fourth-order valence-corrected chi connectivity index (χ4v) is 2.18. The van der Waals surface area contributed by atoms with Crippen LogP contribution in [0.3, 0.4) is 0 Å². The summed E-state index contributed by atoms with van der Waals surface area (Å²) in [4.78, 5) is 0. The normalized spacial score (nSPS) is 14.2. The Balaban J connectivity index is 2.35. The average molecular weight is 279 g/mol. The molecule has 20 heavy (non-hydrogen) atoms. The fourth-order valence-electron chi connectivity index (χ4n) is 2.18. The van der Waals surface area contributed by atoms with Crippen LogP contribution in [0, 0.1) is 6.92 Å². The molecule has 1 aromatic rings. The predicted molar refractivity (Wildman–Crippen MR) is 84.1 cm³/mol. The standard InChI is InChI=1S/C17H29NO2/c1-5-6-11-19-12-13-20-15(3)17(18-4)16-9-7-14(2)8-10-16/h7-10,15,17-18H,5-6,11-13H2,1-4H3. The summed E-state index contributed by atoms with van der Waals surface area (Å²) in [7, 11) is 1.97. The van der Waals surface area contributed by atoms with Gasteiger partial charge in [-0.2, -0.15) is 0 Å². The Kier molecular flexibility index (Phi) is 8.51. The molecule has 0 radical (unpaired) electrons. The Bertz CT molecular complexity index is 351. The van der Waals surface area contributed by atoms with Crippen molar-refractivity contribution in [3.8, 4) is 0 Å². The van der Waals surface area contributed by atoms with E-state index >= 15 is 0 Å². The first-order valence-electron chi connectivity index (χ1n) is 7.62. The minimum Gasteiger partial charge on any atom is -0.379 e. The molecule has 2 atom stereocenters. The van der Waals surface area contributed by atoms with Gasteiger partial charge in [0.1, 0.15) is 0 Å². The van der Waals surface area contributed by atoms with Gasteiger partial charge < -0.3 is 14.8 Å². The van der Waals surface area contributed by atoms with Crippen molar-refractivity contribution < 1.29 is 9.47 Å². The summed E-state index contributed by atoms with van der Waals surface area (Å²) in [5.74, 6) is 0. The summed E-state index contributed by atoms with van der Waals surface area (Å²) in [5, 5.41) is 3.33. The lowest BCUT2D eigenvalue weighted by Gasteiger charge is -2.24. The number of hydrogen-bond acceptors (Lipinski definition) is 3. The Hall–Kier alpha value is -0.900. The molecule has 0 aliphatic carbocycles. The maximum Gasteiger partial charge on any atom is 0.0742 e. The van der Waals surface area contributed by atoms with Crippen molar-refractivity contribution in [3.63, 3.8) is 0 Å². The number of ether oxygens (including phenoxy) is 2. The smallest absolute Gasteiger partial charge is 0.0742 e. The molecule has 0 spiro atoms. The van der Waals surface area contributed by atoms with Crippen LogP contribution in [0.1, 0.15) is 43.9 Å². The molecule has 0 amide bonds. The van der Waals surface area contributed by atoms with Crippen molar-refractivity contribution in [3.05, 3.63) is 35.4 Å². The number of rotatable bonds is 10. The van der Waals surface area contributed by atoms with Crippen LogP contribution >= 0.6 is 0 Å². The zero-order valence-corrected chi connectivity index (χ0v) is 13.3. The number of nitrogens with one attached hydrogen (secondary N) is 1. The van der Waals surface area contributed by atoms with Crippen molar-refractivity contribution >= 4 is 0 Å². The number of likely N-dealkylation sites (N-methyl/N-ethyl adjacent to an activating group) is 1. The molecule has 3 heteroatoms. The first-order valence-corrected chi connectivity index (χ1v) is 7.62. The molecular weight excluding hydrogens is 250 g/mol. The van der Waals surface area contributed by atoms with Crippen molar-refractivity contribution in [2.45, 2.75) is 45.8 Å². The van der Waals surface area contributed by atoms with Gasteiger partial charge in [-0.3, -0.25) is 0 Å². The molecular formula is C17H29NO2. The Labute approximate surface area is 123 Å². The predicted octanol–water partition coefficient (Wildman–Crippen LogP) is 3.48. The highest BCUT2D eigenvalue weighted by atomic mass is 16.5. The van der Waals surface area contributed by atoms with Gasteiger partial charge in [0, 0.05) is 6.61 Å². The topological polar surface area (TPSA) is 30.5 Å². The van der Waals surface area contributed by atoms with Crippen molar-refractivity contribution in [1.29, 1.82) is 0 Å². The Morgan fingerprint density at radius 2 is 1.80 bits per heavy atom. The summed E-state index contributed by atoms with van der Waals surface area (Å²) in [6, 6.07) is 8.81. The number of benzene rings is 1. The second kappa shape index (κ2) is 9.92. The van der Waals surface area contributed by atoms with E-state index in [4.69, 9.17) is 9.47 Å². The molecule has 0 aromatic heterocycles. The van der Waals surface area contributed by atoms with Gasteiger partial charge in [0.15, 0.2) is 0 Å². The van der Waals surface area contributed by atoms with Gasteiger partial charge >= 0.3 is 0 Å². The van der Waals surface area contributed by atoms with E-state index in [0.29, 0.717) is 13.2 Å². The van der Waals surface area contributed by atoms with Gasteiger partial charge in [-0.1, -0.05) is 43.2 Å². The summed E-state index contributed by atoms with van der Waals surface area (Å²) in [6.45, 7) is 8.53. The van der Waals surface area contributed by atoms with Gasteiger partial charge in [-0.05, 0) is 32.9 Å². The second-order valence-electron chi connectivity index (χ2n) is 5.22. The summed E-state index contributed by atoms with van der Waals surface area (Å²) in [5.41, 5.74) is 2.54. The maximum absolute atomic E-state index is 5.87. The van der Waals surface area contributed by atoms with Crippen LogP contribution in [0.4, 0.5) is 0 Å². The molecule has 0 fully saturated rings. The van der Waals surface area contributed by atoms with Gasteiger partial charge in [-0.15, -0.1) is 0 Å². The molecule has 0 heterocycles. The van der Waals surface area contributed by atoms with E-state index in [9.17, 15) is 0 Å². The van der Waals surface area contributed by atoms with Gasteiger partial charge in [0.2, 0.25) is 0 Å². The zero-order chi connectivity index (χ0) is 14.8. The maximum atomic E-state index is 5.87. The quantitative estimate of drug-likeness (QED) is 0.665. The minimum absolute atomic E-state index is 0.123. The molecule has 1 rings (SSSR count). The highest BCUT2D eigenvalue weighted by Gasteiger charge is 2.17. The van der Waals surface area contributed by atoms with Crippen LogP contribution in [0.5, 0.6) is 0 Å². The lowest BCUT2D eigenvalue weighted by Crippen LogP contribution is -2.30. The van der Waals surface area contributed by atoms with Crippen molar-refractivity contribution in [2.75, 3.05) is 26.9 Å². The molecule has 1 N–H and O–H groups in total. The summed E-state index contributed by atoms with van der Waals surface area (Å²) < 4.78 is 11.4. The first-order chi connectivity index (χ1) is 9.69. The SMILES string of the molecule is CCCCOCCOC(C)C(NC)c1ccc(C)cc1. The largest absolute Gasteiger partial charge is 0.379 e. The monoisotopic (exact) mass is 279 g/mol. The van der Waals surface area contributed by atoms with E-state index in [1.54, 1.807) is 0 Å². The number of aryl methyl sites for hydroxylation is 1. The Morgan fingerprint density at radius 3 is 2.40 bits per heavy atom. The molecule has 0 aliphatic rings. The third kappa shape index (κ3) is 6.04. The summed E-state index contributed by atoms with van der Waals surface area (Å²) >= 11 is 0. The number of unbranched alkanes of at least 4 members (excludes halogenated alkanes) is 1. The van der Waals surface area contributed by atoms with Crippen LogP contribution < -0.4 is 5.32 Å². The van der Waals surface area contributed by atoms with Crippen molar-refractivity contribution in [1.82, 2.24) is 5.32 Å². The van der Waals surface area contributed by atoms with Crippen LogP contribution in [-0.4, -0.2) is 33.0 Å². The highest BCUT2D eigenvalue weighted by Crippen LogP contribution is 2.19. The van der Waals surface area contributed by atoms with Crippen LogP contribution in [-0.2, 0) is 9.47 Å².